The van der Waals surface area contributed by atoms with Gasteiger partial charge in [0.25, 0.3) is 0 Å². The molecule has 0 radical (unpaired) electrons. The lowest BCUT2D eigenvalue weighted by atomic mass is 9.88. The number of rotatable bonds is 13. The Morgan fingerprint density at radius 1 is 0.762 bits per heavy atom. The minimum atomic E-state index is -1.14. The molecule has 0 unspecified atom stereocenters. The fourth-order valence-electron chi connectivity index (χ4n) is 1.50. The second kappa shape index (κ2) is 10.1. The Bertz CT molecular complexity index is 302. The van der Waals surface area contributed by atoms with Crippen LogP contribution in [0.2, 0.25) is 0 Å². The van der Waals surface area contributed by atoms with Gasteiger partial charge in [0.05, 0.1) is 19.8 Å². The molecule has 0 saturated carbocycles. The summed E-state index contributed by atoms with van der Waals surface area (Å²) >= 11 is 0. The van der Waals surface area contributed by atoms with Crippen molar-refractivity contribution in [2.24, 2.45) is 5.41 Å². The van der Waals surface area contributed by atoms with Crippen molar-refractivity contribution in [2.45, 2.75) is 13.3 Å². The standard InChI is InChI=1S/C12H20O9/c1-2-12(6-19-3-9(13)14,7-20-4-10(15)16)8-21-5-11(17)18/h2-8H2,1H3,(H,13,14)(H,15,16)(H,17,18). The smallest absolute Gasteiger partial charge is 0.329 e. The molecule has 0 aliphatic rings. The van der Waals surface area contributed by atoms with E-state index in [-0.39, 0.29) is 19.8 Å². The van der Waals surface area contributed by atoms with E-state index in [4.69, 9.17) is 29.5 Å². The summed E-state index contributed by atoms with van der Waals surface area (Å²) in [5.41, 5.74) is -0.805. The van der Waals surface area contributed by atoms with E-state index in [1.165, 1.54) is 0 Å². The van der Waals surface area contributed by atoms with E-state index < -0.39 is 43.1 Å². The van der Waals surface area contributed by atoms with Gasteiger partial charge in [-0.2, -0.15) is 0 Å². The van der Waals surface area contributed by atoms with Crippen LogP contribution in [-0.2, 0) is 28.6 Å². The maximum absolute atomic E-state index is 10.4. The van der Waals surface area contributed by atoms with Crippen molar-refractivity contribution in [2.75, 3.05) is 39.6 Å². The van der Waals surface area contributed by atoms with E-state index in [1.54, 1.807) is 6.92 Å². The van der Waals surface area contributed by atoms with E-state index >= 15 is 0 Å². The zero-order valence-corrected chi connectivity index (χ0v) is 11.7. The Kier molecular flexibility index (Phi) is 9.26. The highest BCUT2D eigenvalue weighted by Gasteiger charge is 2.30. The maximum Gasteiger partial charge on any atom is 0.329 e. The average Bonchev–Trinajstić information content (AvgIpc) is 2.36. The molecular formula is C12H20O9. The van der Waals surface area contributed by atoms with Crippen LogP contribution < -0.4 is 0 Å². The Balaban J connectivity index is 4.52. The number of carbonyl (C=O) groups is 3. The number of ether oxygens (including phenoxy) is 3. The van der Waals surface area contributed by atoms with Crippen molar-refractivity contribution >= 4 is 17.9 Å². The quantitative estimate of drug-likeness (QED) is 0.417. The molecule has 9 heteroatoms. The number of carboxylic acid groups (broad SMARTS) is 3. The SMILES string of the molecule is CCC(COCC(=O)O)(COCC(=O)O)COCC(=O)O. The molecule has 0 spiro atoms. The molecule has 3 N–H and O–H groups in total. The Morgan fingerprint density at radius 3 is 1.24 bits per heavy atom. The highest BCUT2D eigenvalue weighted by atomic mass is 16.5. The van der Waals surface area contributed by atoms with Gasteiger partial charge < -0.3 is 29.5 Å². The normalized spacial score (nSPS) is 11.3. The summed E-state index contributed by atoms with van der Waals surface area (Å²) in [6, 6.07) is 0. The van der Waals surface area contributed by atoms with Crippen molar-refractivity contribution in [1.82, 2.24) is 0 Å². The minimum absolute atomic E-state index is 0.0466. The van der Waals surface area contributed by atoms with Gasteiger partial charge in [-0.15, -0.1) is 0 Å². The first-order chi connectivity index (χ1) is 9.81. The van der Waals surface area contributed by atoms with Crippen molar-refractivity contribution in [3.8, 4) is 0 Å². The predicted molar refractivity (Wildman–Crippen MR) is 68.1 cm³/mol. The zero-order chi connectivity index (χ0) is 16.3. The molecule has 122 valence electrons. The van der Waals surface area contributed by atoms with Gasteiger partial charge in [-0.3, -0.25) is 0 Å². The molecule has 0 aromatic heterocycles. The van der Waals surface area contributed by atoms with Crippen molar-refractivity contribution < 1.29 is 43.9 Å². The molecule has 0 aromatic carbocycles. The number of hydrogen-bond acceptors (Lipinski definition) is 6. The van der Waals surface area contributed by atoms with E-state index in [0.29, 0.717) is 6.42 Å². The van der Waals surface area contributed by atoms with Gasteiger partial charge in [0.2, 0.25) is 0 Å². The van der Waals surface area contributed by atoms with Crippen LogP contribution in [-0.4, -0.2) is 72.9 Å². The Hall–Kier alpha value is -1.71. The molecule has 9 nitrogen and oxygen atoms in total. The summed E-state index contributed by atoms with van der Waals surface area (Å²) in [7, 11) is 0. The second-order valence-electron chi connectivity index (χ2n) is 4.51. The van der Waals surface area contributed by atoms with Gasteiger partial charge >= 0.3 is 17.9 Å². The molecule has 0 fully saturated rings. The van der Waals surface area contributed by atoms with E-state index in [1.807, 2.05) is 0 Å². The van der Waals surface area contributed by atoms with Crippen LogP contribution in [0, 0.1) is 5.41 Å². The summed E-state index contributed by atoms with van der Waals surface area (Å²) < 4.78 is 15.0. The molecular weight excluding hydrogens is 288 g/mol. The average molecular weight is 308 g/mol. The highest BCUT2D eigenvalue weighted by molar-refractivity contribution is 5.68. The fourth-order valence-corrected chi connectivity index (χ4v) is 1.50. The molecule has 0 saturated heterocycles. The van der Waals surface area contributed by atoms with Crippen molar-refractivity contribution in [1.29, 1.82) is 0 Å². The summed E-state index contributed by atoms with van der Waals surface area (Å²) in [6.07, 6.45) is 0.436. The monoisotopic (exact) mass is 308 g/mol. The van der Waals surface area contributed by atoms with Crippen LogP contribution in [0.4, 0.5) is 0 Å². The van der Waals surface area contributed by atoms with Crippen LogP contribution in [0.3, 0.4) is 0 Å². The summed E-state index contributed by atoms with van der Waals surface area (Å²) in [4.78, 5) is 31.3. The van der Waals surface area contributed by atoms with Crippen molar-refractivity contribution in [3.05, 3.63) is 0 Å². The maximum atomic E-state index is 10.4. The van der Waals surface area contributed by atoms with Gasteiger partial charge in [-0.05, 0) is 6.42 Å². The van der Waals surface area contributed by atoms with Crippen molar-refractivity contribution in [3.63, 3.8) is 0 Å². The first-order valence-corrected chi connectivity index (χ1v) is 6.20. The van der Waals surface area contributed by atoms with E-state index in [9.17, 15) is 14.4 Å². The lowest BCUT2D eigenvalue weighted by Gasteiger charge is -2.31. The van der Waals surface area contributed by atoms with Crippen LogP contribution in [0.15, 0.2) is 0 Å². The van der Waals surface area contributed by atoms with Gasteiger partial charge in [0.15, 0.2) is 0 Å². The Labute approximate surface area is 121 Å². The van der Waals surface area contributed by atoms with E-state index in [2.05, 4.69) is 0 Å². The van der Waals surface area contributed by atoms with Gasteiger partial charge in [-0.25, -0.2) is 14.4 Å². The number of aliphatic carboxylic acids is 3. The molecule has 0 aliphatic carbocycles. The summed E-state index contributed by atoms with van der Waals surface area (Å²) in [6.45, 7) is 0.0797. The van der Waals surface area contributed by atoms with Gasteiger partial charge in [0.1, 0.15) is 19.8 Å². The van der Waals surface area contributed by atoms with Crippen LogP contribution >= 0.6 is 0 Å². The third-order valence-electron chi connectivity index (χ3n) is 2.65. The zero-order valence-electron chi connectivity index (χ0n) is 11.7. The summed E-state index contributed by atoms with van der Waals surface area (Å²) in [5.74, 6) is -3.42. The molecule has 0 heterocycles. The topological polar surface area (TPSA) is 140 Å². The van der Waals surface area contributed by atoms with E-state index in [0.717, 1.165) is 0 Å². The molecule has 0 aromatic rings. The third kappa shape index (κ3) is 9.77. The molecule has 0 atom stereocenters. The lowest BCUT2D eigenvalue weighted by molar-refractivity contribution is -0.150. The van der Waals surface area contributed by atoms with Gasteiger partial charge in [0, 0.05) is 5.41 Å². The predicted octanol–water partition coefficient (Wildman–Crippen LogP) is -0.314. The first kappa shape index (κ1) is 19.3. The summed E-state index contributed by atoms with van der Waals surface area (Å²) in [5, 5.41) is 25.6. The fraction of sp³-hybridized carbons (Fsp3) is 0.750. The lowest BCUT2D eigenvalue weighted by Crippen LogP contribution is -2.38. The molecule has 0 bridgehead atoms. The van der Waals surface area contributed by atoms with Crippen LogP contribution in [0.1, 0.15) is 13.3 Å². The van der Waals surface area contributed by atoms with Crippen LogP contribution in [0.5, 0.6) is 0 Å². The molecule has 0 amide bonds. The third-order valence-corrected chi connectivity index (χ3v) is 2.65. The molecule has 0 rings (SSSR count). The first-order valence-electron chi connectivity index (χ1n) is 6.20. The highest BCUT2D eigenvalue weighted by Crippen LogP contribution is 2.24. The molecule has 0 aliphatic heterocycles. The minimum Gasteiger partial charge on any atom is -0.480 e. The largest absolute Gasteiger partial charge is 0.480 e. The second-order valence-corrected chi connectivity index (χ2v) is 4.51. The van der Waals surface area contributed by atoms with Gasteiger partial charge in [-0.1, -0.05) is 6.92 Å². The Morgan fingerprint density at radius 2 is 1.05 bits per heavy atom. The number of hydrogen-bond donors (Lipinski definition) is 3. The number of carboxylic acids is 3. The molecule has 21 heavy (non-hydrogen) atoms. The van der Waals surface area contributed by atoms with Crippen LogP contribution in [0.25, 0.3) is 0 Å².